The lowest BCUT2D eigenvalue weighted by atomic mass is 10.0. The normalized spacial score (nSPS) is 14.5. The molecule has 0 radical (unpaired) electrons. The Morgan fingerprint density at radius 2 is 2.04 bits per heavy atom. The standard InChI is InChI=1S/C16H11BrN2O4/c1-23-15-5-2-9(7-13(15)17)6-12-11-8-10(19(21)22)3-4-14(11)18-16(12)20/h2-8H,1H3,(H,18,20). The summed E-state index contributed by atoms with van der Waals surface area (Å²) in [5.74, 6) is 0.395. The fourth-order valence-electron chi connectivity index (χ4n) is 2.37. The third-order valence-electron chi connectivity index (χ3n) is 3.48. The lowest BCUT2D eigenvalue weighted by molar-refractivity contribution is -0.384. The van der Waals surface area contributed by atoms with Gasteiger partial charge < -0.3 is 10.1 Å². The molecule has 6 nitrogen and oxygen atoms in total. The minimum absolute atomic E-state index is 0.0536. The Labute approximate surface area is 140 Å². The van der Waals surface area contributed by atoms with Crippen molar-refractivity contribution in [3.63, 3.8) is 0 Å². The summed E-state index contributed by atoms with van der Waals surface area (Å²) >= 11 is 3.39. The molecular formula is C16H11BrN2O4. The van der Waals surface area contributed by atoms with Crippen LogP contribution in [0.4, 0.5) is 11.4 Å². The number of rotatable bonds is 3. The first-order valence-corrected chi connectivity index (χ1v) is 7.44. The van der Waals surface area contributed by atoms with Crippen molar-refractivity contribution in [1.29, 1.82) is 0 Å². The molecular weight excluding hydrogens is 364 g/mol. The fraction of sp³-hybridized carbons (Fsp3) is 0.0625. The summed E-state index contributed by atoms with van der Waals surface area (Å²) in [7, 11) is 1.57. The second-order valence-electron chi connectivity index (χ2n) is 4.89. The summed E-state index contributed by atoms with van der Waals surface area (Å²) in [4.78, 5) is 22.6. The van der Waals surface area contributed by atoms with Crippen LogP contribution in [0.25, 0.3) is 11.6 Å². The van der Waals surface area contributed by atoms with Crippen LogP contribution in [0.1, 0.15) is 11.1 Å². The number of methoxy groups -OCH3 is 1. The van der Waals surface area contributed by atoms with E-state index in [4.69, 9.17) is 4.74 Å². The molecule has 1 aliphatic heterocycles. The van der Waals surface area contributed by atoms with Crippen molar-refractivity contribution in [1.82, 2.24) is 0 Å². The van der Waals surface area contributed by atoms with Crippen molar-refractivity contribution in [2.24, 2.45) is 0 Å². The molecule has 2 aromatic carbocycles. The van der Waals surface area contributed by atoms with E-state index in [0.29, 0.717) is 22.6 Å². The SMILES string of the molecule is COc1ccc(C=C2C(=O)Nc3ccc([N+](=O)[O-])cc32)cc1Br. The Hall–Kier alpha value is -2.67. The maximum absolute atomic E-state index is 12.1. The van der Waals surface area contributed by atoms with Crippen LogP contribution in [0.5, 0.6) is 5.75 Å². The molecule has 0 spiro atoms. The molecule has 1 amide bonds. The molecule has 23 heavy (non-hydrogen) atoms. The molecule has 7 heteroatoms. The van der Waals surface area contributed by atoms with E-state index in [1.54, 1.807) is 25.3 Å². The van der Waals surface area contributed by atoms with E-state index in [0.717, 1.165) is 10.0 Å². The number of nitro groups is 1. The van der Waals surface area contributed by atoms with Crippen molar-refractivity contribution < 1.29 is 14.5 Å². The van der Waals surface area contributed by atoms with Crippen molar-refractivity contribution in [3.05, 3.63) is 62.1 Å². The highest BCUT2D eigenvalue weighted by Crippen LogP contribution is 2.36. The van der Waals surface area contributed by atoms with E-state index in [9.17, 15) is 14.9 Å². The number of non-ortho nitro benzene ring substituents is 1. The number of amides is 1. The molecule has 0 aromatic heterocycles. The second-order valence-corrected chi connectivity index (χ2v) is 5.75. The molecule has 1 aliphatic rings. The first kappa shape index (κ1) is 15.2. The average molecular weight is 375 g/mol. The minimum Gasteiger partial charge on any atom is -0.496 e. The number of hydrogen-bond donors (Lipinski definition) is 1. The highest BCUT2D eigenvalue weighted by atomic mass is 79.9. The van der Waals surface area contributed by atoms with Gasteiger partial charge in [-0.3, -0.25) is 14.9 Å². The zero-order valence-corrected chi connectivity index (χ0v) is 13.6. The van der Waals surface area contributed by atoms with Crippen LogP contribution in [-0.4, -0.2) is 17.9 Å². The summed E-state index contributed by atoms with van der Waals surface area (Å²) < 4.78 is 5.92. The number of ether oxygens (including phenoxy) is 1. The summed E-state index contributed by atoms with van der Waals surface area (Å²) in [6.45, 7) is 0. The van der Waals surface area contributed by atoms with Gasteiger partial charge in [0.15, 0.2) is 0 Å². The number of nitro benzene ring substituents is 1. The van der Waals surface area contributed by atoms with Gasteiger partial charge in [0.2, 0.25) is 0 Å². The van der Waals surface area contributed by atoms with Crippen molar-refractivity contribution in [3.8, 4) is 5.75 Å². The van der Waals surface area contributed by atoms with E-state index in [1.807, 2.05) is 6.07 Å². The van der Waals surface area contributed by atoms with E-state index in [2.05, 4.69) is 21.2 Å². The maximum Gasteiger partial charge on any atom is 0.270 e. The van der Waals surface area contributed by atoms with Crippen molar-refractivity contribution in [2.45, 2.75) is 0 Å². The largest absolute Gasteiger partial charge is 0.496 e. The van der Waals surface area contributed by atoms with E-state index in [1.165, 1.54) is 18.2 Å². The van der Waals surface area contributed by atoms with Gasteiger partial charge in [-0.1, -0.05) is 6.07 Å². The highest BCUT2D eigenvalue weighted by Gasteiger charge is 2.26. The van der Waals surface area contributed by atoms with Gasteiger partial charge in [0.1, 0.15) is 5.75 Å². The third kappa shape index (κ3) is 2.83. The minimum atomic E-state index is -0.481. The van der Waals surface area contributed by atoms with Gasteiger partial charge in [0.05, 0.1) is 16.5 Å². The Bertz CT molecular complexity index is 861. The summed E-state index contributed by atoms with van der Waals surface area (Å²) in [6.07, 6.45) is 1.69. The summed E-state index contributed by atoms with van der Waals surface area (Å²) in [5, 5.41) is 13.6. The van der Waals surface area contributed by atoms with Gasteiger partial charge in [-0.25, -0.2) is 0 Å². The summed E-state index contributed by atoms with van der Waals surface area (Å²) in [5.41, 5.74) is 2.21. The van der Waals surface area contributed by atoms with E-state index in [-0.39, 0.29) is 11.6 Å². The van der Waals surface area contributed by atoms with Crippen LogP contribution in [0.3, 0.4) is 0 Å². The van der Waals surface area contributed by atoms with Crippen LogP contribution < -0.4 is 10.1 Å². The maximum atomic E-state index is 12.1. The molecule has 3 rings (SSSR count). The molecule has 0 atom stereocenters. The molecule has 1 N–H and O–H groups in total. The zero-order chi connectivity index (χ0) is 16.6. The van der Waals surface area contributed by atoms with Gasteiger partial charge in [-0.05, 0) is 45.8 Å². The topological polar surface area (TPSA) is 81.5 Å². The number of hydrogen-bond acceptors (Lipinski definition) is 4. The molecule has 0 aliphatic carbocycles. The van der Waals surface area contributed by atoms with Crippen LogP contribution in [0.2, 0.25) is 0 Å². The van der Waals surface area contributed by atoms with E-state index >= 15 is 0 Å². The molecule has 116 valence electrons. The average Bonchev–Trinajstić information content (AvgIpc) is 2.83. The lowest BCUT2D eigenvalue weighted by Gasteiger charge is -2.04. The predicted molar refractivity (Wildman–Crippen MR) is 90.3 cm³/mol. The number of carbonyl (C=O) groups excluding carboxylic acids is 1. The molecule has 1 heterocycles. The number of nitrogens with one attached hydrogen (secondary N) is 1. The van der Waals surface area contributed by atoms with Gasteiger partial charge >= 0.3 is 0 Å². The van der Waals surface area contributed by atoms with Gasteiger partial charge in [0.25, 0.3) is 11.6 Å². The van der Waals surface area contributed by atoms with Crippen LogP contribution in [0.15, 0.2) is 40.9 Å². The van der Waals surface area contributed by atoms with Crippen LogP contribution >= 0.6 is 15.9 Å². The molecule has 0 bridgehead atoms. The molecule has 0 fully saturated rings. The fourth-order valence-corrected chi connectivity index (χ4v) is 2.93. The first-order valence-electron chi connectivity index (χ1n) is 6.65. The molecule has 0 saturated heterocycles. The monoisotopic (exact) mass is 374 g/mol. The van der Waals surface area contributed by atoms with Gasteiger partial charge in [-0.2, -0.15) is 0 Å². The molecule has 2 aromatic rings. The smallest absolute Gasteiger partial charge is 0.270 e. The number of anilines is 1. The zero-order valence-electron chi connectivity index (χ0n) is 12.0. The Morgan fingerprint density at radius 1 is 1.26 bits per heavy atom. The number of nitrogens with zero attached hydrogens (tertiary/aromatic N) is 1. The Kier molecular flexibility index (Phi) is 3.87. The molecule has 0 saturated carbocycles. The van der Waals surface area contributed by atoms with Crippen molar-refractivity contribution in [2.75, 3.05) is 12.4 Å². The number of halogens is 1. The van der Waals surface area contributed by atoms with Crippen LogP contribution in [0, 0.1) is 10.1 Å². The summed E-state index contributed by atoms with van der Waals surface area (Å²) in [6, 6.07) is 9.70. The third-order valence-corrected chi connectivity index (χ3v) is 4.10. The van der Waals surface area contributed by atoms with E-state index < -0.39 is 4.92 Å². The lowest BCUT2D eigenvalue weighted by Crippen LogP contribution is -2.03. The number of benzene rings is 2. The van der Waals surface area contributed by atoms with Crippen LogP contribution in [-0.2, 0) is 4.79 Å². The number of fused-ring (bicyclic) bond motifs is 1. The van der Waals surface area contributed by atoms with Crippen molar-refractivity contribution >= 4 is 44.9 Å². The molecule has 0 unspecified atom stereocenters. The number of carbonyl (C=O) groups is 1. The van der Waals surface area contributed by atoms with Gasteiger partial charge in [-0.15, -0.1) is 0 Å². The highest BCUT2D eigenvalue weighted by molar-refractivity contribution is 9.10. The Balaban J connectivity index is 2.07. The quantitative estimate of drug-likeness (QED) is 0.502. The Morgan fingerprint density at radius 3 is 2.70 bits per heavy atom. The van der Waals surface area contributed by atoms with Gasteiger partial charge in [0, 0.05) is 29.0 Å². The second kappa shape index (κ2) is 5.85. The predicted octanol–water partition coefficient (Wildman–Crippen LogP) is 3.86. The first-order chi connectivity index (χ1) is 11.0.